The van der Waals surface area contributed by atoms with E-state index in [-0.39, 0.29) is 34.7 Å². The van der Waals surface area contributed by atoms with Crippen molar-refractivity contribution in [3.05, 3.63) is 29.7 Å². The highest BCUT2D eigenvalue weighted by Crippen LogP contribution is 2.42. The average Bonchev–Trinajstić information content (AvgIpc) is 3.25. The van der Waals surface area contributed by atoms with Gasteiger partial charge in [0, 0.05) is 12.2 Å². The molecular formula is C15H12F3N5O2S. The molecule has 0 aliphatic carbocycles. The van der Waals surface area contributed by atoms with Gasteiger partial charge in [-0.2, -0.15) is 18.2 Å². The van der Waals surface area contributed by atoms with Crippen LogP contribution in [-0.2, 0) is 6.42 Å². The van der Waals surface area contributed by atoms with Crippen molar-refractivity contribution in [2.75, 3.05) is 12.3 Å². The number of benzene rings is 1. The number of urea groups is 1. The Morgan fingerprint density at radius 1 is 1.38 bits per heavy atom. The van der Waals surface area contributed by atoms with Gasteiger partial charge >= 0.3 is 12.2 Å². The van der Waals surface area contributed by atoms with Gasteiger partial charge in [-0.1, -0.05) is 17.3 Å². The molecule has 1 saturated heterocycles. The van der Waals surface area contributed by atoms with Gasteiger partial charge in [-0.3, -0.25) is 0 Å². The fourth-order valence-corrected chi connectivity index (χ4v) is 3.99. The number of alkyl halides is 3. The van der Waals surface area contributed by atoms with Crippen molar-refractivity contribution in [2.24, 2.45) is 0 Å². The molecule has 3 aromatic rings. The van der Waals surface area contributed by atoms with Crippen LogP contribution in [-0.4, -0.2) is 28.9 Å². The Morgan fingerprint density at radius 3 is 2.88 bits per heavy atom. The van der Waals surface area contributed by atoms with E-state index >= 15 is 0 Å². The lowest BCUT2D eigenvalue weighted by atomic mass is 10.1. The number of anilines is 1. The molecule has 4 rings (SSSR count). The average molecular weight is 383 g/mol. The summed E-state index contributed by atoms with van der Waals surface area (Å²) in [6.45, 7) is 0.259. The molecule has 2 amide bonds. The molecule has 7 nitrogen and oxygen atoms in total. The summed E-state index contributed by atoms with van der Waals surface area (Å²) in [5.41, 5.74) is 6.36. The quantitative estimate of drug-likeness (QED) is 0.603. The number of carbonyl (C=O) groups excluding carboxylic acids is 1. The highest BCUT2D eigenvalue weighted by atomic mass is 32.1. The maximum atomic E-state index is 13.1. The number of thiophene rings is 1. The fourth-order valence-electron chi connectivity index (χ4n) is 2.82. The summed E-state index contributed by atoms with van der Waals surface area (Å²) in [6, 6.07) is 3.93. The van der Waals surface area contributed by atoms with Gasteiger partial charge in [-0.25, -0.2) is 4.79 Å². The monoisotopic (exact) mass is 383 g/mol. The first-order chi connectivity index (χ1) is 12.3. The van der Waals surface area contributed by atoms with Crippen LogP contribution in [0.5, 0.6) is 0 Å². The van der Waals surface area contributed by atoms with Crippen molar-refractivity contribution in [1.82, 2.24) is 20.8 Å². The van der Waals surface area contributed by atoms with Crippen molar-refractivity contribution in [3.8, 4) is 10.7 Å². The number of aromatic nitrogens is 2. The molecular weight excluding hydrogens is 371 g/mol. The zero-order valence-electron chi connectivity index (χ0n) is 13.1. The molecule has 4 N–H and O–H groups in total. The second kappa shape index (κ2) is 5.87. The van der Waals surface area contributed by atoms with Gasteiger partial charge in [-0.15, -0.1) is 11.3 Å². The van der Waals surface area contributed by atoms with E-state index in [1.54, 1.807) is 18.2 Å². The third-order valence-corrected chi connectivity index (χ3v) is 5.23. The molecule has 1 aliphatic rings. The summed E-state index contributed by atoms with van der Waals surface area (Å²) in [7, 11) is 0. The van der Waals surface area contributed by atoms with Gasteiger partial charge in [0.05, 0.1) is 16.0 Å². The Balaban J connectivity index is 1.81. The van der Waals surface area contributed by atoms with Gasteiger partial charge in [0.25, 0.3) is 5.89 Å². The standard InChI is InChI=1S/C15H12F3N5O2S/c16-15(17,18)4-7-6-2-1-3-8(19)10(6)26-11(7)12-22-13(25-23-12)9-5-20-14(24)21-9/h1-3,9H,4-5,19H2,(H2,20,21,24)/t9-/m1/s1. The van der Waals surface area contributed by atoms with Crippen LogP contribution in [0.25, 0.3) is 20.8 Å². The van der Waals surface area contributed by atoms with Crippen LogP contribution in [0.2, 0.25) is 0 Å². The van der Waals surface area contributed by atoms with Crippen LogP contribution < -0.4 is 16.4 Å². The zero-order chi connectivity index (χ0) is 18.5. The topological polar surface area (TPSA) is 106 Å². The lowest BCUT2D eigenvalue weighted by Crippen LogP contribution is -2.21. The van der Waals surface area contributed by atoms with Crippen LogP contribution in [0.1, 0.15) is 17.5 Å². The molecule has 0 unspecified atom stereocenters. The minimum atomic E-state index is -4.40. The number of amides is 2. The Bertz CT molecular complexity index is 997. The van der Waals surface area contributed by atoms with Crippen LogP contribution in [0.3, 0.4) is 0 Å². The number of carbonyl (C=O) groups is 1. The number of hydrogen-bond donors (Lipinski definition) is 3. The maximum Gasteiger partial charge on any atom is 0.393 e. The summed E-state index contributed by atoms with van der Waals surface area (Å²) in [4.78, 5) is 15.7. The van der Waals surface area contributed by atoms with Crippen molar-refractivity contribution in [3.63, 3.8) is 0 Å². The normalized spacial score (nSPS) is 17.5. The molecule has 1 fully saturated rings. The molecule has 0 bridgehead atoms. The van der Waals surface area contributed by atoms with Gasteiger partial charge < -0.3 is 20.9 Å². The Morgan fingerprint density at radius 2 is 2.19 bits per heavy atom. The molecule has 0 spiro atoms. The van der Waals surface area contributed by atoms with Gasteiger partial charge in [-0.05, 0) is 17.0 Å². The minimum Gasteiger partial charge on any atom is -0.398 e. The highest BCUT2D eigenvalue weighted by molar-refractivity contribution is 7.23. The van der Waals surface area contributed by atoms with Gasteiger partial charge in [0.15, 0.2) is 0 Å². The third-order valence-electron chi connectivity index (χ3n) is 3.94. The second-order valence-electron chi connectivity index (χ2n) is 5.79. The first-order valence-electron chi connectivity index (χ1n) is 7.57. The van der Waals surface area contributed by atoms with E-state index in [4.69, 9.17) is 10.3 Å². The van der Waals surface area contributed by atoms with E-state index < -0.39 is 18.6 Å². The first-order valence-corrected chi connectivity index (χ1v) is 8.38. The van der Waals surface area contributed by atoms with Crippen molar-refractivity contribution in [2.45, 2.75) is 18.6 Å². The molecule has 0 radical (unpaired) electrons. The molecule has 26 heavy (non-hydrogen) atoms. The molecule has 1 aliphatic heterocycles. The predicted octanol–water partition coefficient (Wildman–Crippen LogP) is 2.99. The smallest absolute Gasteiger partial charge is 0.393 e. The summed E-state index contributed by atoms with van der Waals surface area (Å²) in [6.07, 6.45) is -5.53. The number of nitrogen functional groups attached to an aromatic ring is 1. The number of halogens is 3. The number of rotatable bonds is 3. The SMILES string of the molecule is Nc1cccc2c(CC(F)(F)F)c(-c3noc([C@H]4CNC(=O)N4)n3)sc12. The van der Waals surface area contributed by atoms with Crippen molar-refractivity contribution in [1.29, 1.82) is 0 Å². The summed E-state index contributed by atoms with van der Waals surface area (Å²) in [5, 5.41) is 9.36. The van der Waals surface area contributed by atoms with E-state index in [9.17, 15) is 18.0 Å². The number of hydrogen-bond acceptors (Lipinski definition) is 6. The molecule has 11 heteroatoms. The van der Waals surface area contributed by atoms with Gasteiger partial charge in [0.1, 0.15) is 6.04 Å². The Kier molecular flexibility index (Phi) is 3.75. The second-order valence-corrected chi connectivity index (χ2v) is 6.81. The molecule has 3 heterocycles. The Labute approximate surface area is 148 Å². The van der Waals surface area contributed by atoms with Crippen molar-refractivity contribution >= 4 is 33.1 Å². The maximum absolute atomic E-state index is 13.1. The number of fused-ring (bicyclic) bond motifs is 1. The molecule has 0 saturated carbocycles. The zero-order valence-corrected chi connectivity index (χ0v) is 13.9. The predicted molar refractivity (Wildman–Crippen MR) is 88.6 cm³/mol. The van der Waals surface area contributed by atoms with Crippen LogP contribution in [0, 0.1) is 0 Å². The largest absolute Gasteiger partial charge is 0.398 e. The highest BCUT2D eigenvalue weighted by Gasteiger charge is 2.33. The molecule has 1 aromatic carbocycles. The molecule has 136 valence electrons. The van der Waals surface area contributed by atoms with Gasteiger partial charge in [0.2, 0.25) is 5.82 Å². The summed E-state index contributed by atoms with van der Waals surface area (Å²) < 4.78 is 45.0. The van der Waals surface area contributed by atoms with E-state index in [2.05, 4.69) is 20.8 Å². The van der Waals surface area contributed by atoms with E-state index in [1.165, 1.54) is 0 Å². The lowest BCUT2D eigenvalue weighted by molar-refractivity contribution is -0.126. The van der Waals surface area contributed by atoms with E-state index in [0.29, 0.717) is 15.8 Å². The lowest BCUT2D eigenvalue weighted by Gasteiger charge is -2.07. The Hall–Kier alpha value is -2.82. The molecule has 2 aromatic heterocycles. The first kappa shape index (κ1) is 16.6. The van der Waals surface area contributed by atoms with E-state index in [0.717, 1.165) is 11.3 Å². The summed E-state index contributed by atoms with van der Waals surface area (Å²) >= 11 is 1.09. The third kappa shape index (κ3) is 2.94. The van der Waals surface area contributed by atoms with Crippen LogP contribution >= 0.6 is 11.3 Å². The molecule has 1 atom stereocenters. The van der Waals surface area contributed by atoms with Crippen LogP contribution in [0.15, 0.2) is 22.7 Å². The van der Waals surface area contributed by atoms with Crippen molar-refractivity contribution < 1.29 is 22.5 Å². The number of nitrogens with two attached hydrogens (primary N) is 1. The summed E-state index contributed by atoms with van der Waals surface area (Å²) in [5.74, 6) is 0.169. The number of nitrogens with zero attached hydrogens (tertiary/aromatic N) is 2. The minimum absolute atomic E-state index is 0.0426. The number of nitrogens with one attached hydrogen (secondary N) is 2. The van der Waals surface area contributed by atoms with Crippen LogP contribution in [0.4, 0.5) is 23.7 Å². The van der Waals surface area contributed by atoms with E-state index in [1.807, 2.05) is 0 Å². The fraction of sp³-hybridized carbons (Fsp3) is 0.267.